The van der Waals surface area contributed by atoms with Gasteiger partial charge in [-0.25, -0.2) is 9.69 Å². The number of benzene rings is 1. The predicted octanol–water partition coefficient (Wildman–Crippen LogP) is 1.29. The summed E-state index contributed by atoms with van der Waals surface area (Å²) in [5, 5.41) is 19.3. The fraction of sp³-hybridized carbons (Fsp3) is 0.444. The third-order valence-corrected chi connectivity index (χ3v) is 4.76. The molecule has 1 saturated heterocycles. The number of carbonyl (C=O) groups is 3. The fourth-order valence-electron chi connectivity index (χ4n) is 3.29. The van der Waals surface area contributed by atoms with Crippen molar-refractivity contribution in [1.29, 1.82) is 5.41 Å². The van der Waals surface area contributed by atoms with Crippen LogP contribution in [0.5, 0.6) is 0 Å². The summed E-state index contributed by atoms with van der Waals surface area (Å²) in [7, 11) is 0. The van der Waals surface area contributed by atoms with E-state index in [-0.39, 0.29) is 30.8 Å². The second-order valence-electron chi connectivity index (χ2n) is 7.09. The van der Waals surface area contributed by atoms with Crippen LogP contribution in [0, 0.1) is 5.41 Å². The van der Waals surface area contributed by atoms with E-state index in [2.05, 4.69) is 5.32 Å². The number of rotatable bonds is 5. The van der Waals surface area contributed by atoms with E-state index in [9.17, 15) is 19.5 Å². The number of nitrogens with one attached hydrogen (secondary N) is 2. The summed E-state index contributed by atoms with van der Waals surface area (Å²) in [6, 6.07) is 6.42. The van der Waals surface area contributed by atoms with Gasteiger partial charge in [0, 0.05) is 36.8 Å². The molecular weight excluding hydrogens is 350 g/mol. The van der Waals surface area contributed by atoms with Gasteiger partial charge in [-0.1, -0.05) is 0 Å². The van der Waals surface area contributed by atoms with E-state index in [4.69, 9.17) is 11.1 Å². The molecule has 1 aliphatic heterocycles. The Labute approximate surface area is 157 Å². The van der Waals surface area contributed by atoms with Crippen LogP contribution in [0.15, 0.2) is 24.3 Å². The Kier molecular flexibility index (Phi) is 5.85. The maximum absolute atomic E-state index is 12.4. The van der Waals surface area contributed by atoms with Crippen LogP contribution < -0.4 is 11.1 Å². The maximum Gasteiger partial charge on any atom is 0.414 e. The van der Waals surface area contributed by atoms with Gasteiger partial charge in [0.1, 0.15) is 5.84 Å². The molecule has 1 fully saturated rings. The van der Waals surface area contributed by atoms with Crippen molar-refractivity contribution in [3.8, 4) is 0 Å². The molecule has 0 aromatic heterocycles. The van der Waals surface area contributed by atoms with Crippen molar-refractivity contribution in [3.63, 3.8) is 0 Å². The minimum Gasteiger partial charge on any atom is -0.465 e. The largest absolute Gasteiger partial charge is 0.465 e. The Morgan fingerprint density at radius 2 is 1.93 bits per heavy atom. The SMILES string of the molecule is CC1CN(C(=O)O)C(=O)C(C)(C)N1CCC(=O)Nc1ccc(C(=N)N)cc1. The Balaban J connectivity index is 1.98. The van der Waals surface area contributed by atoms with Crippen LogP contribution in [0.3, 0.4) is 0 Å². The Morgan fingerprint density at radius 3 is 2.44 bits per heavy atom. The van der Waals surface area contributed by atoms with Gasteiger partial charge in [0.15, 0.2) is 0 Å². The van der Waals surface area contributed by atoms with Gasteiger partial charge in [-0.15, -0.1) is 0 Å². The van der Waals surface area contributed by atoms with Gasteiger partial charge in [-0.05, 0) is 45.0 Å². The van der Waals surface area contributed by atoms with Gasteiger partial charge < -0.3 is 16.2 Å². The average Bonchev–Trinajstić information content (AvgIpc) is 2.58. The first-order chi connectivity index (χ1) is 12.5. The highest BCUT2D eigenvalue weighted by molar-refractivity contribution is 5.98. The Bertz CT molecular complexity index is 760. The van der Waals surface area contributed by atoms with Crippen LogP contribution in [-0.2, 0) is 9.59 Å². The van der Waals surface area contributed by atoms with Crippen molar-refractivity contribution in [2.24, 2.45) is 5.73 Å². The minimum atomic E-state index is -1.26. The molecule has 0 radical (unpaired) electrons. The smallest absolute Gasteiger partial charge is 0.414 e. The first kappa shape index (κ1) is 20.4. The number of hydrogen-bond donors (Lipinski definition) is 4. The second kappa shape index (κ2) is 7.75. The molecule has 1 aromatic carbocycles. The molecule has 146 valence electrons. The Hall–Kier alpha value is -2.94. The number of nitrogen functional groups attached to an aromatic ring is 1. The van der Waals surface area contributed by atoms with E-state index in [1.807, 2.05) is 11.8 Å². The van der Waals surface area contributed by atoms with Crippen molar-refractivity contribution < 1.29 is 19.5 Å². The van der Waals surface area contributed by atoms with Crippen LogP contribution in [0.1, 0.15) is 32.8 Å². The van der Waals surface area contributed by atoms with Crippen LogP contribution in [-0.4, -0.2) is 63.3 Å². The van der Waals surface area contributed by atoms with Crippen molar-refractivity contribution in [1.82, 2.24) is 9.80 Å². The molecule has 1 aliphatic rings. The van der Waals surface area contributed by atoms with Crippen LogP contribution in [0.2, 0.25) is 0 Å². The van der Waals surface area contributed by atoms with E-state index in [0.717, 1.165) is 4.90 Å². The third-order valence-electron chi connectivity index (χ3n) is 4.76. The van der Waals surface area contributed by atoms with Crippen molar-refractivity contribution in [2.45, 2.75) is 38.8 Å². The highest BCUT2D eigenvalue weighted by Gasteiger charge is 2.47. The molecular formula is C18H25N5O4. The number of carboxylic acid groups (broad SMARTS) is 1. The Morgan fingerprint density at radius 1 is 1.33 bits per heavy atom. The molecule has 0 bridgehead atoms. The zero-order valence-electron chi connectivity index (χ0n) is 15.7. The summed E-state index contributed by atoms with van der Waals surface area (Å²) in [5.74, 6) is -0.760. The van der Waals surface area contributed by atoms with Gasteiger partial charge in [-0.3, -0.25) is 19.9 Å². The molecule has 0 saturated carbocycles. The lowest BCUT2D eigenvalue weighted by atomic mass is 9.94. The molecule has 1 aromatic rings. The lowest BCUT2D eigenvalue weighted by Crippen LogP contribution is -2.67. The van der Waals surface area contributed by atoms with E-state index < -0.39 is 17.5 Å². The summed E-state index contributed by atoms with van der Waals surface area (Å²) >= 11 is 0. The molecule has 1 unspecified atom stereocenters. The average molecular weight is 375 g/mol. The van der Waals surface area contributed by atoms with Gasteiger partial charge >= 0.3 is 6.09 Å². The molecule has 0 aliphatic carbocycles. The normalized spacial score (nSPS) is 19.6. The summed E-state index contributed by atoms with van der Waals surface area (Å²) in [4.78, 5) is 38.6. The number of carbonyl (C=O) groups excluding carboxylic acids is 2. The number of amidine groups is 1. The lowest BCUT2D eigenvalue weighted by Gasteiger charge is -2.48. The lowest BCUT2D eigenvalue weighted by molar-refractivity contribution is -0.150. The molecule has 1 heterocycles. The molecule has 9 nitrogen and oxygen atoms in total. The summed E-state index contributed by atoms with van der Waals surface area (Å²) in [5.41, 5.74) is 5.54. The van der Waals surface area contributed by atoms with Crippen molar-refractivity contribution in [3.05, 3.63) is 29.8 Å². The fourth-order valence-corrected chi connectivity index (χ4v) is 3.29. The van der Waals surface area contributed by atoms with Crippen LogP contribution in [0.25, 0.3) is 0 Å². The highest BCUT2D eigenvalue weighted by Crippen LogP contribution is 2.27. The minimum absolute atomic E-state index is 0.0470. The van der Waals surface area contributed by atoms with Crippen LogP contribution in [0.4, 0.5) is 10.5 Å². The number of amides is 3. The number of hydrogen-bond acceptors (Lipinski definition) is 5. The highest BCUT2D eigenvalue weighted by atomic mass is 16.4. The van der Waals surface area contributed by atoms with E-state index >= 15 is 0 Å². The summed E-state index contributed by atoms with van der Waals surface area (Å²) in [6.45, 7) is 5.57. The standard InChI is InChI=1S/C18H25N5O4/c1-11-10-22(17(26)27)16(25)18(2,3)23(11)9-8-14(24)21-13-6-4-12(5-7-13)15(19)20/h4-7,11H,8-10H2,1-3H3,(H3,19,20)(H,21,24)(H,26,27). The molecule has 0 spiro atoms. The second-order valence-corrected chi connectivity index (χ2v) is 7.09. The van der Waals surface area contributed by atoms with Crippen molar-refractivity contribution in [2.75, 3.05) is 18.4 Å². The zero-order valence-corrected chi connectivity index (χ0v) is 15.7. The van der Waals surface area contributed by atoms with Gasteiger partial charge in [0.25, 0.3) is 5.91 Å². The van der Waals surface area contributed by atoms with E-state index in [0.29, 0.717) is 17.8 Å². The number of imide groups is 1. The number of piperazine rings is 1. The first-order valence-corrected chi connectivity index (χ1v) is 8.60. The molecule has 9 heteroatoms. The predicted molar refractivity (Wildman–Crippen MR) is 101 cm³/mol. The summed E-state index contributed by atoms with van der Waals surface area (Å²) in [6.07, 6.45) is -1.10. The first-order valence-electron chi connectivity index (χ1n) is 8.60. The monoisotopic (exact) mass is 375 g/mol. The number of nitrogens with zero attached hydrogens (tertiary/aromatic N) is 2. The molecule has 5 N–H and O–H groups in total. The molecule has 1 atom stereocenters. The molecule has 27 heavy (non-hydrogen) atoms. The number of nitrogens with two attached hydrogens (primary N) is 1. The van der Waals surface area contributed by atoms with E-state index in [1.54, 1.807) is 38.1 Å². The van der Waals surface area contributed by atoms with Gasteiger partial charge in [0.2, 0.25) is 5.91 Å². The quantitative estimate of drug-likeness (QED) is 0.451. The van der Waals surface area contributed by atoms with Crippen molar-refractivity contribution >= 4 is 29.4 Å². The third kappa shape index (κ3) is 4.43. The number of anilines is 1. The maximum atomic E-state index is 12.4. The van der Waals surface area contributed by atoms with Crippen LogP contribution >= 0.6 is 0 Å². The molecule has 2 rings (SSSR count). The zero-order chi connectivity index (χ0) is 20.4. The topological polar surface area (TPSA) is 140 Å². The van der Waals surface area contributed by atoms with Gasteiger partial charge in [0.05, 0.1) is 5.54 Å². The molecule has 3 amide bonds. The van der Waals surface area contributed by atoms with Gasteiger partial charge in [-0.2, -0.15) is 0 Å². The summed E-state index contributed by atoms with van der Waals surface area (Å²) < 4.78 is 0. The van der Waals surface area contributed by atoms with E-state index in [1.165, 1.54) is 0 Å².